The van der Waals surface area contributed by atoms with Gasteiger partial charge in [0.15, 0.2) is 0 Å². The zero-order valence-electron chi connectivity index (χ0n) is 10.6. The molecule has 0 saturated heterocycles. The Kier molecular flexibility index (Phi) is 5.54. The van der Waals surface area contributed by atoms with Crippen LogP contribution in [0.25, 0.3) is 0 Å². The summed E-state index contributed by atoms with van der Waals surface area (Å²) in [5.41, 5.74) is 3.97. The van der Waals surface area contributed by atoms with Gasteiger partial charge >= 0.3 is 0 Å². The lowest BCUT2D eigenvalue weighted by Gasteiger charge is -2.22. The van der Waals surface area contributed by atoms with Gasteiger partial charge in [0.2, 0.25) is 0 Å². The van der Waals surface area contributed by atoms with Crippen molar-refractivity contribution in [3.05, 3.63) is 35.5 Å². The number of hydrogen-bond donors (Lipinski definition) is 1. The molecule has 0 aromatic carbocycles. The Bertz CT molecular complexity index is 297. The van der Waals surface area contributed by atoms with E-state index in [1.54, 1.807) is 0 Å². The van der Waals surface area contributed by atoms with Crippen molar-refractivity contribution in [2.75, 3.05) is 6.61 Å². The van der Waals surface area contributed by atoms with Crippen LogP contribution in [0, 0.1) is 5.92 Å². The first-order chi connectivity index (χ1) is 7.63. The standard InChI is InChI=1S/C15H24O/c1-12-7-9-15(10-8-12)14(3)6-4-5-13(2)11-16/h5,7,15-16H,3-4,6,8-11H2,1-2H3/b13-5+. The van der Waals surface area contributed by atoms with E-state index in [2.05, 4.69) is 25.7 Å². The first kappa shape index (κ1) is 13.2. The van der Waals surface area contributed by atoms with Gasteiger partial charge in [0.05, 0.1) is 6.61 Å². The van der Waals surface area contributed by atoms with E-state index >= 15 is 0 Å². The molecule has 16 heavy (non-hydrogen) atoms. The molecule has 1 atom stereocenters. The third-order valence-corrected chi connectivity index (χ3v) is 3.42. The average molecular weight is 220 g/mol. The highest BCUT2D eigenvalue weighted by molar-refractivity contribution is 5.12. The first-order valence-electron chi connectivity index (χ1n) is 6.23. The van der Waals surface area contributed by atoms with E-state index in [0.29, 0.717) is 5.92 Å². The highest BCUT2D eigenvalue weighted by Crippen LogP contribution is 2.30. The fourth-order valence-corrected chi connectivity index (χ4v) is 2.11. The van der Waals surface area contributed by atoms with Gasteiger partial charge in [0.25, 0.3) is 0 Å². The van der Waals surface area contributed by atoms with Crippen LogP contribution in [-0.4, -0.2) is 11.7 Å². The second-order valence-electron chi connectivity index (χ2n) is 4.93. The fraction of sp³-hybridized carbons (Fsp3) is 0.600. The maximum Gasteiger partial charge on any atom is 0.0639 e. The van der Waals surface area contributed by atoms with Gasteiger partial charge in [-0.1, -0.05) is 35.5 Å². The summed E-state index contributed by atoms with van der Waals surface area (Å²) in [6.07, 6.45) is 10.2. The van der Waals surface area contributed by atoms with Gasteiger partial charge in [-0.05, 0) is 51.9 Å². The smallest absolute Gasteiger partial charge is 0.0639 e. The van der Waals surface area contributed by atoms with Crippen molar-refractivity contribution in [3.8, 4) is 0 Å². The molecular formula is C15H24O. The quantitative estimate of drug-likeness (QED) is 0.694. The second-order valence-corrected chi connectivity index (χ2v) is 4.93. The van der Waals surface area contributed by atoms with Gasteiger partial charge in [-0.25, -0.2) is 0 Å². The number of allylic oxidation sites excluding steroid dienone is 4. The molecule has 0 aromatic heterocycles. The summed E-state index contributed by atoms with van der Waals surface area (Å²) in [4.78, 5) is 0. The molecule has 0 heterocycles. The average Bonchev–Trinajstić information content (AvgIpc) is 2.29. The van der Waals surface area contributed by atoms with E-state index < -0.39 is 0 Å². The number of hydrogen-bond acceptors (Lipinski definition) is 1. The van der Waals surface area contributed by atoms with Crippen molar-refractivity contribution < 1.29 is 5.11 Å². The Labute approximate surface area is 99.6 Å². The van der Waals surface area contributed by atoms with Crippen LogP contribution < -0.4 is 0 Å². The highest BCUT2D eigenvalue weighted by Gasteiger charge is 2.14. The zero-order chi connectivity index (χ0) is 12.0. The first-order valence-corrected chi connectivity index (χ1v) is 6.23. The number of aliphatic hydroxyl groups is 1. The van der Waals surface area contributed by atoms with Crippen molar-refractivity contribution in [1.82, 2.24) is 0 Å². The van der Waals surface area contributed by atoms with Crippen LogP contribution in [0.5, 0.6) is 0 Å². The van der Waals surface area contributed by atoms with Crippen LogP contribution in [0.4, 0.5) is 0 Å². The molecule has 0 aromatic rings. The maximum atomic E-state index is 8.88. The lowest BCUT2D eigenvalue weighted by atomic mass is 9.84. The minimum Gasteiger partial charge on any atom is -0.392 e. The molecule has 0 bridgehead atoms. The molecule has 1 aliphatic rings. The lowest BCUT2D eigenvalue weighted by molar-refractivity contribution is 0.331. The van der Waals surface area contributed by atoms with Crippen LogP contribution in [0.15, 0.2) is 35.5 Å². The molecule has 1 rings (SSSR count). The molecular weight excluding hydrogens is 196 g/mol. The van der Waals surface area contributed by atoms with Gasteiger partial charge in [-0.15, -0.1) is 0 Å². The summed E-state index contributed by atoms with van der Waals surface area (Å²) in [5, 5.41) is 8.88. The molecule has 1 unspecified atom stereocenters. The highest BCUT2D eigenvalue weighted by atomic mass is 16.3. The lowest BCUT2D eigenvalue weighted by Crippen LogP contribution is -2.07. The predicted octanol–water partition coefficient (Wildman–Crippen LogP) is 4.01. The predicted molar refractivity (Wildman–Crippen MR) is 70.3 cm³/mol. The zero-order valence-corrected chi connectivity index (χ0v) is 10.6. The summed E-state index contributed by atoms with van der Waals surface area (Å²) < 4.78 is 0. The Morgan fingerprint density at radius 1 is 1.62 bits per heavy atom. The number of rotatable bonds is 5. The maximum absolute atomic E-state index is 8.88. The molecule has 0 fully saturated rings. The molecule has 0 radical (unpaired) electrons. The third-order valence-electron chi connectivity index (χ3n) is 3.42. The Hall–Kier alpha value is -0.820. The Morgan fingerprint density at radius 2 is 2.38 bits per heavy atom. The van der Waals surface area contributed by atoms with E-state index in [1.807, 2.05) is 6.92 Å². The molecule has 90 valence electrons. The minimum absolute atomic E-state index is 0.178. The number of aliphatic hydroxyl groups excluding tert-OH is 1. The van der Waals surface area contributed by atoms with E-state index in [4.69, 9.17) is 5.11 Å². The monoisotopic (exact) mass is 220 g/mol. The molecule has 0 amide bonds. The summed E-state index contributed by atoms with van der Waals surface area (Å²) in [6.45, 7) is 8.57. The van der Waals surface area contributed by atoms with Gasteiger partial charge in [-0.3, -0.25) is 0 Å². The van der Waals surface area contributed by atoms with Crippen LogP contribution in [0.2, 0.25) is 0 Å². The molecule has 0 saturated carbocycles. The minimum atomic E-state index is 0.178. The van der Waals surface area contributed by atoms with E-state index in [9.17, 15) is 0 Å². The molecule has 1 N–H and O–H groups in total. The molecule has 1 aliphatic carbocycles. The molecule has 0 spiro atoms. The van der Waals surface area contributed by atoms with Gasteiger partial charge in [0, 0.05) is 0 Å². The Balaban J connectivity index is 2.31. The van der Waals surface area contributed by atoms with E-state index in [-0.39, 0.29) is 6.61 Å². The van der Waals surface area contributed by atoms with Crippen molar-refractivity contribution in [3.63, 3.8) is 0 Å². The summed E-state index contributed by atoms with van der Waals surface area (Å²) >= 11 is 0. The van der Waals surface area contributed by atoms with Gasteiger partial charge in [0.1, 0.15) is 0 Å². The molecule has 1 heteroatoms. The van der Waals surface area contributed by atoms with Crippen molar-refractivity contribution in [1.29, 1.82) is 0 Å². The normalized spacial score (nSPS) is 21.8. The van der Waals surface area contributed by atoms with Crippen molar-refractivity contribution >= 4 is 0 Å². The topological polar surface area (TPSA) is 20.2 Å². The van der Waals surface area contributed by atoms with Crippen LogP contribution in [0.3, 0.4) is 0 Å². The second kappa shape index (κ2) is 6.70. The molecule has 1 nitrogen and oxygen atoms in total. The summed E-state index contributed by atoms with van der Waals surface area (Å²) in [5.74, 6) is 0.687. The molecule has 0 aliphatic heterocycles. The van der Waals surface area contributed by atoms with E-state index in [1.165, 1.54) is 30.4 Å². The van der Waals surface area contributed by atoms with Crippen LogP contribution in [0.1, 0.15) is 46.0 Å². The summed E-state index contributed by atoms with van der Waals surface area (Å²) in [7, 11) is 0. The largest absolute Gasteiger partial charge is 0.392 e. The van der Waals surface area contributed by atoms with Crippen LogP contribution >= 0.6 is 0 Å². The van der Waals surface area contributed by atoms with Crippen molar-refractivity contribution in [2.24, 2.45) is 5.92 Å². The Morgan fingerprint density at radius 3 is 2.94 bits per heavy atom. The SMILES string of the molecule is C=C(CC/C=C(\C)CO)C1CC=C(C)CC1. The van der Waals surface area contributed by atoms with Gasteiger partial charge in [-0.2, -0.15) is 0 Å². The van der Waals surface area contributed by atoms with E-state index in [0.717, 1.165) is 18.4 Å². The van der Waals surface area contributed by atoms with Crippen LogP contribution in [-0.2, 0) is 0 Å². The van der Waals surface area contributed by atoms with Gasteiger partial charge < -0.3 is 5.11 Å². The third kappa shape index (κ3) is 4.36. The van der Waals surface area contributed by atoms with Crippen molar-refractivity contribution in [2.45, 2.75) is 46.0 Å². The summed E-state index contributed by atoms with van der Waals surface area (Å²) in [6, 6.07) is 0. The fourth-order valence-electron chi connectivity index (χ4n) is 2.11.